The number of carbonyl (C=O) groups excluding carboxylic acids is 2. The minimum Gasteiger partial charge on any atom is -0.354 e. The Kier molecular flexibility index (Phi) is 11.7. The molecular weight excluding hydrogens is 629 g/mol. The molecule has 0 fully saturated rings. The Hall–Kier alpha value is -3.85. The number of hydrogen-bond donors (Lipinski definition) is 1. The quantitative estimate of drug-likeness (QED) is 0.168. The van der Waals surface area contributed by atoms with E-state index in [9.17, 15) is 18.0 Å². The van der Waals surface area contributed by atoms with E-state index in [1.807, 2.05) is 75.4 Å². The van der Waals surface area contributed by atoms with Crippen LogP contribution in [-0.2, 0) is 32.6 Å². The zero-order chi connectivity index (χ0) is 32.6. The average Bonchev–Trinajstić information content (AvgIpc) is 3.01. The largest absolute Gasteiger partial charge is 0.354 e. The normalized spacial score (nSPS) is 12.0. The summed E-state index contributed by atoms with van der Waals surface area (Å²) in [6.45, 7) is 5.86. The van der Waals surface area contributed by atoms with Gasteiger partial charge in [0, 0.05) is 29.6 Å². The second-order valence-corrected chi connectivity index (χ2v) is 14.0. The van der Waals surface area contributed by atoms with E-state index in [-0.39, 0.29) is 45.4 Å². The van der Waals surface area contributed by atoms with E-state index in [1.165, 1.54) is 35.2 Å². The lowest BCUT2D eigenvalue weighted by Crippen LogP contribution is -2.53. The molecule has 1 atom stereocenters. The lowest BCUT2D eigenvalue weighted by atomic mass is 10.0. The first-order chi connectivity index (χ1) is 21.4. The van der Waals surface area contributed by atoms with Crippen molar-refractivity contribution in [2.24, 2.45) is 5.92 Å². The van der Waals surface area contributed by atoms with Crippen LogP contribution >= 0.6 is 23.2 Å². The Bertz CT molecular complexity index is 1680. The van der Waals surface area contributed by atoms with Gasteiger partial charge in [-0.3, -0.25) is 13.9 Å². The third kappa shape index (κ3) is 9.33. The van der Waals surface area contributed by atoms with Crippen LogP contribution in [0, 0.1) is 12.8 Å². The highest BCUT2D eigenvalue weighted by Crippen LogP contribution is 2.30. The van der Waals surface area contributed by atoms with Gasteiger partial charge in [0.25, 0.3) is 10.0 Å². The topological polar surface area (TPSA) is 86.8 Å². The van der Waals surface area contributed by atoms with Crippen LogP contribution in [0.25, 0.3) is 0 Å². The predicted molar refractivity (Wildman–Crippen MR) is 181 cm³/mol. The van der Waals surface area contributed by atoms with Crippen molar-refractivity contribution in [3.63, 3.8) is 0 Å². The predicted octanol–water partition coefficient (Wildman–Crippen LogP) is 6.91. The number of nitrogens with one attached hydrogen (secondary N) is 1. The molecule has 0 bridgehead atoms. The van der Waals surface area contributed by atoms with Gasteiger partial charge in [0.2, 0.25) is 11.8 Å². The molecule has 1 N–H and O–H groups in total. The highest BCUT2D eigenvalue weighted by atomic mass is 35.5. The number of benzene rings is 4. The Morgan fingerprint density at radius 3 is 1.96 bits per heavy atom. The smallest absolute Gasteiger partial charge is 0.264 e. The van der Waals surface area contributed by atoms with Crippen LogP contribution in [0.3, 0.4) is 0 Å². The van der Waals surface area contributed by atoms with Crippen LogP contribution in [0.2, 0.25) is 10.0 Å². The Labute approximate surface area is 275 Å². The highest BCUT2D eigenvalue weighted by Gasteiger charge is 2.34. The number of amides is 2. The summed E-state index contributed by atoms with van der Waals surface area (Å²) in [5.74, 6) is -0.699. The van der Waals surface area contributed by atoms with Gasteiger partial charge >= 0.3 is 0 Å². The molecule has 45 heavy (non-hydrogen) atoms. The second-order valence-electron chi connectivity index (χ2n) is 11.3. The first kappa shape index (κ1) is 34.0. The van der Waals surface area contributed by atoms with Gasteiger partial charge in [0.1, 0.15) is 12.6 Å². The number of rotatable bonds is 13. The van der Waals surface area contributed by atoms with Gasteiger partial charge in [0.15, 0.2) is 0 Å². The van der Waals surface area contributed by atoms with Gasteiger partial charge < -0.3 is 10.2 Å². The number of anilines is 1. The Balaban J connectivity index is 1.81. The molecule has 10 heteroatoms. The average molecular weight is 667 g/mol. The molecule has 0 aliphatic rings. The number of hydrogen-bond acceptors (Lipinski definition) is 4. The molecule has 7 nitrogen and oxygen atoms in total. The zero-order valence-corrected chi connectivity index (χ0v) is 27.8. The standard InChI is InChI=1S/C35H37Cl2N3O4S/c1-25(2)22-38-35(42)33(18-27-10-6-4-7-11-27)39(23-28-16-14-26(3)15-17-28)34(41)24-40(31-20-29(36)19-30(37)21-31)45(43,44)32-12-8-5-9-13-32/h4-17,19-21,25,33H,18,22-24H2,1-3H3,(H,38,42). The van der Waals surface area contributed by atoms with Crippen molar-refractivity contribution in [1.82, 2.24) is 10.2 Å². The maximum absolute atomic E-state index is 14.5. The molecule has 0 saturated carbocycles. The molecule has 4 aromatic carbocycles. The van der Waals surface area contributed by atoms with Crippen molar-refractivity contribution in [3.05, 3.63) is 130 Å². The van der Waals surface area contributed by atoms with E-state index in [4.69, 9.17) is 23.2 Å². The molecule has 2 amide bonds. The van der Waals surface area contributed by atoms with Crippen molar-refractivity contribution in [1.29, 1.82) is 0 Å². The zero-order valence-electron chi connectivity index (χ0n) is 25.5. The van der Waals surface area contributed by atoms with E-state index < -0.39 is 28.5 Å². The molecule has 0 spiro atoms. The van der Waals surface area contributed by atoms with Gasteiger partial charge in [-0.15, -0.1) is 0 Å². The molecule has 4 rings (SSSR count). The molecule has 0 aromatic heterocycles. The molecule has 0 heterocycles. The van der Waals surface area contributed by atoms with Gasteiger partial charge in [-0.05, 0) is 54.3 Å². The summed E-state index contributed by atoms with van der Waals surface area (Å²) in [4.78, 5) is 29.8. The van der Waals surface area contributed by atoms with E-state index in [2.05, 4.69) is 5.32 Å². The fourth-order valence-corrected chi connectivity index (χ4v) is 6.73. The number of aryl methyl sites for hydroxylation is 1. The fourth-order valence-electron chi connectivity index (χ4n) is 4.80. The van der Waals surface area contributed by atoms with Gasteiger partial charge in [-0.1, -0.05) is 115 Å². The van der Waals surface area contributed by atoms with Crippen LogP contribution in [0.1, 0.15) is 30.5 Å². The molecule has 0 saturated heterocycles. The summed E-state index contributed by atoms with van der Waals surface area (Å²) < 4.78 is 29.1. The lowest BCUT2D eigenvalue weighted by Gasteiger charge is -2.34. The minimum absolute atomic E-state index is 0.00510. The first-order valence-electron chi connectivity index (χ1n) is 14.6. The van der Waals surface area contributed by atoms with Crippen molar-refractivity contribution < 1.29 is 18.0 Å². The lowest BCUT2D eigenvalue weighted by molar-refractivity contribution is -0.140. The number of halogens is 2. The van der Waals surface area contributed by atoms with Gasteiger partial charge in [-0.2, -0.15) is 0 Å². The summed E-state index contributed by atoms with van der Waals surface area (Å²) >= 11 is 12.6. The van der Waals surface area contributed by atoms with Crippen LogP contribution in [-0.4, -0.2) is 44.3 Å². The van der Waals surface area contributed by atoms with Crippen molar-refractivity contribution >= 4 is 50.7 Å². The molecule has 0 aliphatic heterocycles. The summed E-state index contributed by atoms with van der Waals surface area (Å²) in [5, 5.41) is 3.41. The van der Waals surface area contributed by atoms with Crippen molar-refractivity contribution in [3.8, 4) is 0 Å². The SMILES string of the molecule is Cc1ccc(CN(C(=O)CN(c2cc(Cl)cc(Cl)c2)S(=O)(=O)c2ccccc2)C(Cc2ccccc2)C(=O)NCC(C)C)cc1. The third-order valence-corrected chi connectivity index (χ3v) is 9.40. The minimum atomic E-state index is -4.25. The van der Waals surface area contributed by atoms with Crippen molar-refractivity contribution in [2.75, 3.05) is 17.4 Å². The summed E-state index contributed by atoms with van der Waals surface area (Å²) in [7, 11) is -4.25. The Morgan fingerprint density at radius 2 is 1.38 bits per heavy atom. The van der Waals surface area contributed by atoms with Crippen LogP contribution in [0.5, 0.6) is 0 Å². The van der Waals surface area contributed by atoms with Crippen LogP contribution < -0.4 is 9.62 Å². The van der Waals surface area contributed by atoms with E-state index in [0.717, 1.165) is 21.0 Å². The van der Waals surface area contributed by atoms with Gasteiger partial charge in [-0.25, -0.2) is 8.42 Å². The summed E-state index contributed by atoms with van der Waals surface area (Å²) in [5.41, 5.74) is 2.83. The van der Waals surface area contributed by atoms with Gasteiger partial charge in [0.05, 0.1) is 10.6 Å². The summed E-state index contributed by atoms with van der Waals surface area (Å²) in [6.07, 6.45) is 0.233. The molecule has 4 aromatic rings. The molecular formula is C35H37Cl2N3O4S. The molecule has 0 radical (unpaired) electrons. The number of nitrogens with zero attached hydrogens (tertiary/aromatic N) is 2. The van der Waals surface area contributed by atoms with E-state index >= 15 is 0 Å². The monoisotopic (exact) mass is 665 g/mol. The maximum Gasteiger partial charge on any atom is 0.264 e. The number of sulfonamides is 1. The number of carbonyl (C=O) groups is 2. The summed E-state index contributed by atoms with van der Waals surface area (Å²) in [6, 6.07) is 28.4. The fraction of sp³-hybridized carbons (Fsp3) is 0.257. The molecule has 0 aliphatic carbocycles. The first-order valence-corrected chi connectivity index (χ1v) is 16.8. The van der Waals surface area contributed by atoms with E-state index in [0.29, 0.717) is 6.54 Å². The second kappa shape index (κ2) is 15.4. The van der Waals surface area contributed by atoms with Crippen LogP contribution in [0.15, 0.2) is 108 Å². The maximum atomic E-state index is 14.5. The van der Waals surface area contributed by atoms with Crippen molar-refractivity contribution in [2.45, 2.75) is 44.7 Å². The molecule has 1 unspecified atom stereocenters. The third-order valence-electron chi connectivity index (χ3n) is 7.17. The molecule has 236 valence electrons. The Morgan fingerprint density at radius 1 is 0.800 bits per heavy atom. The van der Waals surface area contributed by atoms with Crippen LogP contribution in [0.4, 0.5) is 5.69 Å². The highest BCUT2D eigenvalue weighted by molar-refractivity contribution is 7.92. The van der Waals surface area contributed by atoms with E-state index in [1.54, 1.807) is 18.2 Å².